The number of hydrogen-bond donors (Lipinski definition) is 1. The molecule has 2 aliphatic heterocycles. The molecule has 2 heterocycles. The van der Waals surface area contributed by atoms with Gasteiger partial charge in [-0.3, -0.25) is 19.4 Å². The van der Waals surface area contributed by atoms with Crippen molar-refractivity contribution in [2.24, 2.45) is 0 Å². The van der Waals surface area contributed by atoms with Crippen molar-refractivity contribution in [2.45, 2.75) is 44.8 Å². The van der Waals surface area contributed by atoms with E-state index in [9.17, 15) is 22.8 Å². The van der Waals surface area contributed by atoms with Gasteiger partial charge >= 0.3 is 6.18 Å². The van der Waals surface area contributed by atoms with Crippen molar-refractivity contribution < 1.29 is 22.8 Å². The Morgan fingerprint density at radius 3 is 2.25 bits per heavy atom. The second-order valence-electron chi connectivity index (χ2n) is 8.47. The highest BCUT2D eigenvalue weighted by atomic mass is 35.5. The van der Waals surface area contributed by atoms with Crippen LogP contribution in [0.4, 0.5) is 18.9 Å². The van der Waals surface area contributed by atoms with Crippen molar-refractivity contribution in [3.63, 3.8) is 0 Å². The van der Waals surface area contributed by atoms with Crippen LogP contribution in [-0.4, -0.2) is 78.4 Å². The van der Waals surface area contributed by atoms with E-state index in [0.717, 1.165) is 38.1 Å². The van der Waals surface area contributed by atoms with Gasteiger partial charge in [0.2, 0.25) is 11.8 Å². The Labute approximate surface area is 191 Å². The van der Waals surface area contributed by atoms with Crippen molar-refractivity contribution >= 4 is 29.1 Å². The second kappa shape index (κ2) is 10.9. The predicted molar refractivity (Wildman–Crippen MR) is 118 cm³/mol. The number of carbonyl (C=O) groups is 2. The molecule has 32 heavy (non-hydrogen) atoms. The second-order valence-corrected chi connectivity index (χ2v) is 8.88. The Hall–Kier alpha value is -1.84. The van der Waals surface area contributed by atoms with Crippen molar-refractivity contribution in [1.82, 2.24) is 14.7 Å². The van der Waals surface area contributed by atoms with Crippen LogP contribution in [0.3, 0.4) is 0 Å². The standard InChI is InChI=1S/C22H30ClF3N4O2/c1-16(21(32)30-8-4-2-3-5-9-30)29-12-10-28(11-13-29)15-20(31)27-17-6-7-19(23)18(14-17)22(24,25)26/h6-7,14,16H,2-5,8-13,15H2,1H3,(H,27,31). The molecule has 1 atom stereocenters. The number of nitrogens with zero attached hydrogens (tertiary/aromatic N) is 3. The normalized spacial score (nSPS) is 20.0. The van der Waals surface area contributed by atoms with E-state index < -0.39 is 16.8 Å². The summed E-state index contributed by atoms with van der Waals surface area (Å²) < 4.78 is 39.0. The van der Waals surface area contributed by atoms with E-state index in [4.69, 9.17) is 11.6 Å². The van der Waals surface area contributed by atoms with Gasteiger partial charge in [-0.15, -0.1) is 0 Å². The van der Waals surface area contributed by atoms with Gasteiger partial charge in [-0.1, -0.05) is 24.4 Å². The Bertz CT molecular complexity index is 805. The van der Waals surface area contributed by atoms with Gasteiger partial charge in [0.15, 0.2) is 0 Å². The zero-order chi connectivity index (χ0) is 23.3. The monoisotopic (exact) mass is 474 g/mol. The van der Waals surface area contributed by atoms with Crippen LogP contribution in [0.5, 0.6) is 0 Å². The minimum atomic E-state index is -4.59. The molecule has 2 fully saturated rings. The van der Waals surface area contributed by atoms with E-state index in [1.807, 2.05) is 16.7 Å². The summed E-state index contributed by atoms with van der Waals surface area (Å²) in [5.41, 5.74) is -0.921. The van der Waals surface area contributed by atoms with Gasteiger partial charge in [-0.2, -0.15) is 13.2 Å². The number of hydrogen-bond acceptors (Lipinski definition) is 4. The van der Waals surface area contributed by atoms with E-state index in [0.29, 0.717) is 26.2 Å². The van der Waals surface area contributed by atoms with Crippen LogP contribution in [0.2, 0.25) is 5.02 Å². The summed E-state index contributed by atoms with van der Waals surface area (Å²) in [6.45, 7) is 6.20. The quantitative estimate of drug-likeness (QED) is 0.707. The molecule has 10 heteroatoms. The average molecular weight is 475 g/mol. The third-order valence-corrected chi connectivity index (χ3v) is 6.48. The van der Waals surface area contributed by atoms with Gasteiger partial charge in [-0.05, 0) is 38.0 Å². The predicted octanol–water partition coefficient (Wildman–Crippen LogP) is 3.71. The van der Waals surface area contributed by atoms with Crippen LogP contribution >= 0.6 is 11.6 Å². The van der Waals surface area contributed by atoms with Gasteiger partial charge in [0.25, 0.3) is 0 Å². The largest absolute Gasteiger partial charge is 0.417 e. The molecule has 2 amide bonds. The lowest BCUT2D eigenvalue weighted by atomic mass is 10.2. The van der Waals surface area contributed by atoms with Crippen LogP contribution in [0, 0.1) is 0 Å². The van der Waals surface area contributed by atoms with E-state index in [1.165, 1.54) is 18.9 Å². The first-order valence-corrected chi connectivity index (χ1v) is 11.4. The summed E-state index contributed by atoms with van der Waals surface area (Å²) in [4.78, 5) is 31.2. The number of halogens is 4. The molecule has 0 aromatic heterocycles. The van der Waals surface area contributed by atoms with Crippen LogP contribution in [0.15, 0.2) is 18.2 Å². The zero-order valence-corrected chi connectivity index (χ0v) is 19.0. The van der Waals surface area contributed by atoms with Crippen LogP contribution in [0.25, 0.3) is 0 Å². The summed E-state index contributed by atoms with van der Waals surface area (Å²) >= 11 is 5.62. The van der Waals surface area contributed by atoms with E-state index >= 15 is 0 Å². The molecule has 0 bridgehead atoms. The molecule has 0 aliphatic carbocycles. The Balaban J connectivity index is 1.47. The summed E-state index contributed by atoms with van der Waals surface area (Å²) in [7, 11) is 0. The fraction of sp³-hybridized carbons (Fsp3) is 0.636. The van der Waals surface area contributed by atoms with Crippen molar-refractivity contribution in [1.29, 1.82) is 0 Å². The number of alkyl halides is 3. The molecule has 0 spiro atoms. The third-order valence-electron chi connectivity index (χ3n) is 6.15. The molecule has 0 saturated carbocycles. The minimum Gasteiger partial charge on any atom is -0.341 e. The van der Waals surface area contributed by atoms with Gasteiger partial charge in [0.1, 0.15) is 0 Å². The van der Waals surface area contributed by atoms with Crippen molar-refractivity contribution in [3.05, 3.63) is 28.8 Å². The number of piperazine rings is 1. The van der Waals surface area contributed by atoms with Crippen LogP contribution in [0.1, 0.15) is 38.2 Å². The topological polar surface area (TPSA) is 55.9 Å². The maximum Gasteiger partial charge on any atom is 0.417 e. The molecule has 2 saturated heterocycles. The first kappa shape index (κ1) is 24.8. The molecule has 1 N–H and O–H groups in total. The number of rotatable bonds is 5. The molecule has 1 unspecified atom stereocenters. The maximum atomic E-state index is 13.0. The smallest absolute Gasteiger partial charge is 0.341 e. The Morgan fingerprint density at radius 2 is 1.66 bits per heavy atom. The van der Waals surface area contributed by atoms with E-state index in [2.05, 4.69) is 10.2 Å². The van der Waals surface area contributed by atoms with E-state index in [1.54, 1.807) is 0 Å². The molecule has 0 radical (unpaired) electrons. The highest BCUT2D eigenvalue weighted by molar-refractivity contribution is 6.31. The molecular weight excluding hydrogens is 445 g/mol. The molecule has 6 nitrogen and oxygen atoms in total. The number of nitrogens with one attached hydrogen (secondary N) is 1. The van der Waals surface area contributed by atoms with Gasteiger partial charge in [0, 0.05) is 45.0 Å². The van der Waals surface area contributed by atoms with Crippen LogP contribution < -0.4 is 5.32 Å². The number of benzene rings is 1. The average Bonchev–Trinajstić information content (AvgIpc) is 3.03. The Kier molecular flexibility index (Phi) is 8.41. The molecule has 3 rings (SSSR count). The first-order valence-electron chi connectivity index (χ1n) is 11.1. The lowest BCUT2D eigenvalue weighted by Crippen LogP contribution is -2.55. The third kappa shape index (κ3) is 6.59. The van der Waals surface area contributed by atoms with Gasteiger partial charge < -0.3 is 10.2 Å². The van der Waals surface area contributed by atoms with Gasteiger partial charge in [-0.25, -0.2) is 0 Å². The van der Waals surface area contributed by atoms with Gasteiger partial charge in [0.05, 0.1) is 23.2 Å². The molecule has 1 aromatic carbocycles. The lowest BCUT2D eigenvalue weighted by molar-refractivity contribution is -0.138. The highest BCUT2D eigenvalue weighted by Gasteiger charge is 2.34. The zero-order valence-electron chi connectivity index (χ0n) is 18.3. The number of likely N-dealkylation sites (tertiary alicyclic amines) is 1. The lowest BCUT2D eigenvalue weighted by Gasteiger charge is -2.38. The van der Waals surface area contributed by atoms with Crippen molar-refractivity contribution in [2.75, 3.05) is 51.1 Å². The first-order chi connectivity index (χ1) is 15.1. The molecule has 2 aliphatic rings. The molecular formula is C22H30ClF3N4O2. The van der Waals surface area contributed by atoms with Crippen LogP contribution in [-0.2, 0) is 15.8 Å². The Morgan fingerprint density at radius 1 is 1.03 bits per heavy atom. The number of amides is 2. The summed E-state index contributed by atoms with van der Waals surface area (Å²) in [5, 5.41) is 2.11. The fourth-order valence-corrected chi connectivity index (χ4v) is 4.47. The minimum absolute atomic E-state index is 0.0574. The molecule has 178 valence electrons. The summed E-state index contributed by atoms with van der Waals surface area (Å²) in [6, 6.07) is 3.12. The SMILES string of the molecule is CC(C(=O)N1CCCCCC1)N1CCN(CC(=O)Nc2ccc(Cl)c(C(F)(F)F)c2)CC1. The maximum absolute atomic E-state index is 13.0. The van der Waals surface area contributed by atoms with Crippen molar-refractivity contribution in [3.8, 4) is 0 Å². The number of anilines is 1. The highest BCUT2D eigenvalue weighted by Crippen LogP contribution is 2.36. The summed E-state index contributed by atoms with van der Waals surface area (Å²) in [6.07, 6.45) is -0.132. The summed E-state index contributed by atoms with van der Waals surface area (Å²) in [5.74, 6) is -0.219. The number of carbonyl (C=O) groups excluding carboxylic acids is 2. The molecule has 1 aromatic rings. The fourth-order valence-electron chi connectivity index (χ4n) is 4.24. The van der Waals surface area contributed by atoms with E-state index in [-0.39, 0.29) is 30.1 Å².